The summed E-state index contributed by atoms with van der Waals surface area (Å²) in [7, 11) is 0. The van der Waals surface area contributed by atoms with E-state index >= 15 is 0 Å². The highest BCUT2D eigenvalue weighted by Gasteiger charge is 2.29. The summed E-state index contributed by atoms with van der Waals surface area (Å²) in [4.78, 5) is 27.5. The van der Waals surface area contributed by atoms with Gasteiger partial charge in [-0.05, 0) is 56.7 Å². The zero-order valence-electron chi connectivity index (χ0n) is 18.5. The Bertz CT molecular complexity index is 1140. The fraction of sp³-hybridized carbons (Fsp3) is 0.292. The van der Waals surface area contributed by atoms with Crippen LogP contribution in [0.25, 0.3) is 11.5 Å². The maximum absolute atomic E-state index is 11.8. The smallest absolute Gasteiger partial charge is 0.347 e. The van der Waals surface area contributed by atoms with Crippen LogP contribution in [0, 0.1) is 6.92 Å². The molecule has 0 fully saturated rings. The van der Waals surface area contributed by atoms with Crippen LogP contribution in [0.5, 0.6) is 5.75 Å². The number of carbonyl (C=O) groups is 2. The molecule has 0 radical (unpaired) electrons. The number of nitrogens with zero attached hydrogens (tertiary/aromatic N) is 1. The molecule has 0 spiro atoms. The standard InChI is InChI=1S/C24H25BrN2O6/c1-14-19(27-21(32-14)16-5-4-6-17(25)11-16)12-20(22(28)29)26-13-15-7-9-18(10-8-15)33-24(2,3)23(30)31/h4-11,20,26H,12-13H2,1-3H3,(H,28,29)(H,30,31). The Kier molecular flexibility index (Phi) is 7.55. The Hall–Kier alpha value is -3.17. The fourth-order valence-electron chi connectivity index (χ4n) is 3.06. The highest BCUT2D eigenvalue weighted by molar-refractivity contribution is 9.10. The molecule has 1 unspecified atom stereocenters. The van der Waals surface area contributed by atoms with Crippen LogP contribution in [0.2, 0.25) is 0 Å². The highest BCUT2D eigenvalue weighted by Crippen LogP contribution is 2.25. The summed E-state index contributed by atoms with van der Waals surface area (Å²) in [6.45, 7) is 5.00. The molecule has 0 aliphatic heterocycles. The van der Waals surface area contributed by atoms with Crippen molar-refractivity contribution < 1.29 is 29.0 Å². The second-order valence-electron chi connectivity index (χ2n) is 8.07. The predicted octanol–water partition coefficient (Wildman–Crippen LogP) is 4.44. The quantitative estimate of drug-likeness (QED) is 0.361. The monoisotopic (exact) mass is 516 g/mol. The van der Waals surface area contributed by atoms with Crippen LogP contribution in [0.3, 0.4) is 0 Å². The summed E-state index contributed by atoms with van der Waals surface area (Å²) in [6.07, 6.45) is 0.159. The first-order valence-corrected chi connectivity index (χ1v) is 11.0. The van der Waals surface area contributed by atoms with Crippen molar-refractivity contribution in [2.75, 3.05) is 0 Å². The van der Waals surface area contributed by atoms with Crippen LogP contribution >= 0.6 is 15.9 Å². The number of ether oxygens (including phenoxy) is 1. The summed E-state index contributed by atoms with van der Waals surface area (Å²) in [5, 5.41) is 21.9. The number of oxazole rings is 1. The number of aliphatic carboxylic acids is 2. The largest absolute Gasteiger partial charge is 0.480 e. The van der Waals surface area contributed by atoms with E-state index < -0.39 is 23.6 Å². The van der Waals surface area contributed by atoms with Crippen LogP contribution < -0.4 is 10.1 Å². The third kappa shape index (κ3) is 6.43. The zero-order valence-corrected chi connectivity index (χ0v) is 20.0. The molecule has 174 valence electrons. The van der Waals surface area contributed by atoms with Crippen molar-refractivity contribution in [1.29, 1.82) is 0 Å². The lowest BCUT2D eigenvalue weighted by atomic mass is 10.1. The van der Waals surface area contributed by atoms with Gasteiger partial charge in [-0.15, -0.1) is 0 Å². The minimum Gasteiger partial charge on any atom is -0.480 e. The van der Waals surface area contributed by atoms with E-state index in [1.807, 2.05) is 24.3 Å². The maximum atomic E-state index is 11.8. The number of hydrogen-bond donors (Lipinski definition) is 3. The van der Waals surface area contributed by atoms with E-state index in [1.54, 1.807) is 31.2 Å². The van der Waals surface area contributed by atoms with Gasteiger partial charge in [-0.2, -0.15) is 0 Å². The predicted molar refractivity (Wildman–Crippen MR) is 125 cm³/mol. The van der Waals surface area contributed by atoms with Crippen LogP contribution in [-0.2, 0) is 22.6 Å². The summed E-state index contributed by atoms with van der Waals surface area (Å²) < 4.78 is 12.1. The third-order valence-corrected chi connectivity index (χ3v) is 5.52. The molecule has 0 aliphatic rings. The normalized spacial score (nSPS) is 12.4. The first-order valence-electron chi connectivity index (χ1n) is 10.2. The molecule has 3 rings (SSSR count). The van der Waals surface area contributed by atoms with E-state index in [2.05, 4.69) is 26.2 Å². The van der Waals surface area contributed by atoms with Crippen molar-refractivity contribution in [2.24, 2.45) is 0 Å². The zero-order chi connectivity index (χ0) is 24.2. The van der Waals surface area contributed by atoms with Crippen LogP contribution in [-0.4, -0.2) is 38.8 Å². The molecule has 8 nitrogen and oxygen atoms in total. The van der Waals surface area contributed by atoms with Crippen molar-refractivity contribution in [3.05, 3.63) is 70.0 Å². The lowest BCUT2D eigenvalue weighted by Crippen LogP contribution is -2.38. The number of nitrogens with one attached hydrogen (secondary N) is 1. The SMILES string of the molecule is Cc1oc(-c2cccc(Br)c2)nc1CC(NCc1ccc(OC(C)(C)C(=O)O)cc1)C(=O)O. The molecule has 1 atom stereocenters. The molecule has 3 aromatic rings. The van der Waals surface area contributed by atoms with Crippen molar-refractivity contribution in [2.45, 2.75) is 45.4 Å². The van der Waals surface area contributed by atoms with Crippen molar-refractivity contribution in [1.82, 2.24) is 10.3 Å². The summed E-state index contributed by atoms with van der Waals surface area (Å²) in [6, 6.07) is 13.5. The van der Waals surface area contributed by atoms with Gasteiger partial charge in [0.2, 0.25) is 5.89 Å². The van der Waals surface area contributed by atoms with E-state index in [0.29, 0.717) is 29.6 Å². The van der Waals surface area contributed by atoms with Crippen molar-refractivity contribution in [3.63, 3.8) is 0 Å². The Labute approximate surface area is 199 Å². The third-order valence-electron chi connectivity index (χ3n) is 5.02. The second kappa shape index (κ2) is 10.2. The second-order valence-corrected chi connectivity index (χ2v) is 8.99. The highest BCUT2D eigenvalue weighted by atomic mass is 79.9. The Morgan fingerprint density at radius 1 is 1.18 bits per heavy atom. The number of hydrogen-bond acceptors (Lipinski definition) is 6. The number of aromatic nitrogens is 1. The van der Waals surface area contributed by atoms with E-state index in [-0.39, 0.29) is 6.42 Å². The molecular weight excluding hydrogens is 492 g/mol. The Balaban J connectivity index is 1.65. The van der Waals surface area contributed by atoms with Gasteiger partial charge < -0.3 is 19.4 Å². The first kappa shape index (κ1) is 24.5. The van der Waals surface area contributed by atoms with Gasteiger partial charge in [0, 0.05) is 23.0 Å². The molecule has 0 amide bonds. The van der Waals surface area contributed by atoms with Crippen LogP contribution in [0.4, 0.5) is 0 Å². The number of carboxylic acids is 2. The lowest BCUT2D eigenvalue weighted by Gasteiger charge is -2.21. The molecular formula is C24H25BrN2O6. The van der Waals surface area contributed by atoms with Gasteiger partial charge >= 0.3 is 11.9 Å². The average Bonchev–Trinajstić information content (AvgIpc) is 3.12. The summed E-state index contributed by atoms with van der Waals surface area (Å²) in [5.74, 6) is -0.638. The van der Waals surface area contributed by atoms with Gasteiger partial charge in [0.25, 0.3) is 0 Å². The Morgan fingerprint density at radius 2 is 1.88 bits per heavy atom. The fourth-order valence-corrected chi connectivity index (χ4v) is 3.46. The number of halogens is 1. The van der Waals surface area contributed by atoms with Gasteiger partial charge in [0.15, 0.2) is 5.60 Å². The molecule has 1 heterocycles. The molecule has 0 aliphatic carbocycles. The number of aryl methyl sites for hydroxylation is 1. The minimum atomic E-state index is -1.35. The van der Waals surface area contributed by atoms with E-state index in [9.17, 15) is 14.7 Å². The molecule has 33 heavy (non-hydrogen) atoms. The van der Waals surface area contributed by atoms with Gasteiger partial charge in [0.1, 0.15) is 17.6 Å². The lowest BCUT2D eigenvalue weighted by molar-refractivity contribution is -0.152. The summed E-state index contributed by atoms with van der Waals surface area (Å²) in [5.41, 5.74) is 0.850. The number of rotatable bonds is 10. The number of carboxylic acid groups (broad SMARTS) is 2. The minimum absolute atomic E-state index is 0.159. The molecule has 3 N–H and O–H groups in total. The average molecular weight is 517 g/mol. The molecule has 1 aromatic heterocycles. The number of benzene rings is 2. The van der Waals surface area contributed by atoms with Crippen LogP contribution in [0.1, 0.15) is 30.9 Å². The molecule has 0 saturated carbocycles. The van der Waals surface area contributed by atoms with Gasteiger partial charge in [-0.3, -0.25) is 10.1 Å². The molecule has 9 heteroatoms. The van der Waals surface area contributed by atoms with Gasteiger partial charge in [-0.25, -0.2) is 9.78 Å². The van der Waals surface area contributed by atoms with Crippen molar-refractivity contribution in [3.8, 4) is 17.2 Å². The van der Waals surface area contributed by atoms with Crippen molar-refractivity contribution >= 4 is 27.9 Å². The van der Waals surface area contributed by atoms with Gasteiger partial charge in [-0.1, -0.05) is 34.1 Å². The molecule has 2 aromatic carbocycles. The topological polar surface area (TPSA) is 122 Å². The Morgan fingerprint density at radius 3 is 2.48 bits per heavy atom. The summed E-state index contributed by atoms with van der Waals surface area (Å²) >= 11 is 3.42. The van der Waals surface area contributed by atoms with Crippen LogP contribution in [0.15, 0.2) is 57.4 Å². The maximum Gasteiger partial charge on any atom is 0.347 e. The molecule has 0 bridgehead atoms. The molecule has 0 saturated heterocycles. The van der Waals surface area contributed by atoms with E-state index in [0.717, 1.165) is 15.6 Å². The van der Waals surface area contributed by atoms with Gasteiger partial charge in [0.05, 0.1) is 5.69 Å². The van der Waals surface area contributed by atoms with E-state index in [1.165, 1.54) is 13.8 Å². The first-order chi connectivity index (χ1) is 15.5. The van der Waals surface area contributed by atoms with E-state index in [4.69, 9.17) is 14.3 Å².